The van der Waals surface area contributed by atoms with Crippen LogP contribution in [0.3, 0.4) is 0 Å². The molecule has 180 valence electrons. The molecule has 2 unspecified atom stereocenters. The fourth-order valence-electron chi connectivity index (χ4n) is 5.38. The van der Waals surface area contributed by atoms with E-state index in [1.165, 1.54) is 10.4 Å². The van der Waals surface area contributed by atoms with E-state index in [1.807, 2.05) is 11.5 Å². The first kappa shape index (κ1) is 24.0. The maximum atomic E-state index is 13.5. The van der Waals surface area contributed by atoms with Gasteiger partial charge in [0.25, 0.3) is 5.91 Å². The molecule has 3 heterocycles. The number of benzene rings is 1. The Bertz CT molecular complexity index is 1190. The zero-order valence-electron chi connectivity index (χ0n) is 19.9. The average Bonchev–Trinajstić information content (AvgIpc) is 3.08. The van der Waals surface area contributed by atoms with Crippen LogP contribution in [-0.4, -0.2) is 54.3 Å². The highest BCUT2D eigenvalue weighted by Gasteiger charge is 2.29. The number of rotatable bonds is 4. The van der Waals surface area contributed by atoms with Gasteiger partial charge in [0.1, 0.15) is 5.56 Å². The van der Waals surface area contributed by atoms with Gasteiger partial charge in [-0.15, -0.1) is 0 Å². The van der Waals surface area contributed by atoms with Gasteiger partial charge in [0.15, 0.2) is 0 Å². The van der Waals surface area contributed by atoms with E-state index in [2.05, 4.69) is 13.8 Å². The molecule has 0 aliphatic carbocycles. The fourth-order valence-corrected chi connectivity index (χ4v) is 6.93. The number of amides is 1. The Morgan fingerprint density at radius 2 is 1.67 bits per heavy atom. The summed E-state index contributed by atoms with van der Waals surface area (Å²) in [5.41, 5.74) is 0.378. The minimum atomic E-state index is -3.69. The summed E-state index contributed by atoms with van der Waals surface area (Å²) in [6.07, 6.45) is 6.47. The van der Waals surface area contributed by atoms with E-state index in [4.69, 9.17) is 0 Å². The second-order valence-corrected chi connectivity index (χ2v) is 11.7. The molecule has 8 heteroatoms. The molecule has 2 atom stereocenters. The van der Waals surface area contributed by atoms with Crippen molar-refractivity contribution in [2.24, 2.45) is 11.8 Å². The number of aromatic nitrogens is 1. The number of sulfonamides is 1. The highest BCUT2D eigenvalue weighted by molar-refractivity contribution is 7.89. The number of carbonyl (C=O) groups excluding carboxylic acids is 1. The molecule has 0 spiro atoms. The predicted molar refractivity (Wildman–Crippen MR) is 130 cm³/mol. The number of nitrogens with zero attached hydrogens (tertiary/aromatic N) is 3. The predicted octanol–water partition coefficient (Wildman–Crippen LogP) is 3.70. The van der Waals surface area contributed by atoms with Gasteiger partial charge >= 0.3 is 0 Å². The smallest absolute Gasteiger partial charge is 0.259 e. The van der Waals surface area contributed by atoms with Crippen LogP contribution in [0.25, 0.3) is 10.9 Å². The number of hydrogen-bond donors (Lipinski definition) is 0. The van der Waals surface area contributed by atoms with Gasteiger partial charge in [-0.2, -0.15) is 4.31 Å². The molecular weight excluding hydrogens is 438 g/mol. The van der Waals surface area contributed by atoms with Gasteiger partial charge in [-0.3, -0.25) is 9.59 Å². The minimum absolute atomic E-state index is 0.120. The largest absolute Gasteiger partial charge is 0.347 e. The van der Waals surface area contributed by atoms with Gasteiger partial charge in [0.2, 0.25) is 15.5 Å². The van der Waals surface area contributed by atoms with Crippen LogP contribution in [0.5, 0.6) is 0 Å². The highest BCUT2D eigenvalue weighted by atomic mass is 32.2. The summed E-state index contributed by atoms with van der Waals surface area (Å²) in [5, 5.41) is 0.289. The number of pyridine rings is 1. The molecule has 2 saturated heterocycles. The normalized spacial score (nSPS) is 22.9. The minimum Gasteiger partial charge on any atom is -0.347 e. The van der Waals surface area contributed by atoms with Crippen LogP contribution >= 0.6 is 0 Å². The van der Waals surface area contributed by atoms with Crippen LogP contribution in [0, 0.1) is 11.8 Å². The molecule has 1 aromatic heterocycles. The Morgan fingerprint density at radius 1 is 1.03 bits per heavy atom. The van der Waals surface area contributed by atoms with E-state index in [-0.39, 0.29) is 21.8 Å². The second-order valence-electron chi connectivity index (χ2n) is 9.81. The lowest BCUT2D eigenvalue weighted by Crippen LogP contribution is -2.44. The summed E-state index contributed by atoms with van der Waals surface area (Å²) in [4.78, 5) is 28.8. The zero-order chi connectivity index (χ0) is 23.8. The summed E-state index contributed by atoms with van der Waals surface area (Å²) in [6.45, 7) is 9.05. The van der Waals surface area contributed by atoms with E-state index in [1.54, 1.807) is 23.2 Å². The van der Waals surface area contributed by atoms with Crippen molar-refractivity contribution in [3.63, 3.8) is 0 Å². The molecule has 0 saturated carbocycles. The molecule has 2 aliphatic rings. The van der Waals surface area contributed by atoms with E-state index in [0.29, 0.717) is 50.1 Å². The Morgan fingerprint density at radius 3 is 2.27 bits per heavy atom. The Balaban J connectivity index is 1.78. The van der Waals surface area contributed by atoms with Crippen molar-refractivity contribution in [3.8, 4) is 0 Å². The molecule has 0 radical (unpaired) electrons. The number of likely N-dealkylation sites (tertiary alicyclic amines) is 1. The monoisotopic (exact) mass is 473 g/mol. The van der Waals surface area contributed by atoms with Gasteiger partial charge in [-0.1, -0.05) is 26.7 Å². The summed E-state index contributed by atoms with van der Waals surface area (Å²) < 4.78 is 30.1. The van der Waals surface area contributed by atoms with E-state index >= 15 is 0 Å². The van der Waals surface area contributed by atoms with Crippen molar-refractivity contribution in [3.05, 3.63) is 40.2 Å². The Hall–Kier alpha value is -2.19. The van der Waals surface area contributed by atoms with Gasteiger partial charge in [-0.05, 0) is 56.2 Å². The van der Waals surface area contributed by atoms with Crippen LogP contribution in [0.4, 0.5) is 0 Å². The summed E-state index contributed by atoms with van der Waals surface area (Å²) >= 11 is 0. The van der Waals surface area contributed by atoms with Crippen molar-refractivity contribution in [2.75, 3.05) is 26.2 Å². The standard InChI is InChI=1S/C25H35N3O4S/c1-4-26-17-22(25(30)27-15-18(2)13-19(3)16-27)24(29)21-14-20(9-10-23(21)26)33(31,32)28-11-7-5-6-8-12-28/h9-10,14,17-19H,4-8,11-13,15-16H2,1-3H3. The first-order valence-corrected chi connectivity index (χ1v) is 13.6. The van der Waals surface area contributed by atoms with E-state index in [9.17, 15) is 18.0 Å². The second kappa shape index (κ2) is 9.58. The van der Waals surface area contributed by atoms with E-state index < -0.39 is 15.5 Å². The van der Waals surface area contributed by atoms with Gasteiger partial charge in [0, 0.05) is 44.3 Å². The van der Waals surface area contributed by atoms with Crippen molar-refractivity contribution in [1.29, 1.82) is 0 Å². The molecule has 4 rings (SSSR count). The summed E-state index contributed by atoms with van der Waals surface area (Å²) in [5.74, 6) is 0.511. The summed E-state index contributed by atoms with van der Waals surface area (Å²) in [7, 11) is -3.69. The lowest BCUT2D eigenvalue weighted by molar-refractivity contribution is 0.0621. The van der Waals surface area contributed by atoms with Crippen LogP contribution in [0.1, 0.15) is 63.2 Å². The van der Waals surface area contributed by atoms with Crippen molar-refractivity contribution < 1.29 is 13.2 Å². The molecule has 0 bridgehead atoms. The number of piperidine rings is 1. The number of hydrogen-bond acceptors (Lipinski definition) is 4. The molecule has 2 aliphatic heterocycles. The third kappa shape index (κ3) is 4.73. The van der Waals surface area contributed by atoms with Crippen LogP contribution in [0.2, 0.25) is 0 Å². The van der Waals surface area contributed by atoms with Crippen molar-refractivity contribution in [1.82, 2.24) is 13.8 Å². The van der Waals surface area contributed by atoms with Crippen LogP contribution in [-0.2, 0) is 16.6 Å². The topological polar surface area (TPSA) is 79.7 Å². The zero-order valence-corrected chi connectivity index (χ0v) is 20.7. The lowest BCUT2D eigenvalue weighted by Gasteiger charge is -2.35. The Kier molecular flexibility index (Phi) is 6.96. The van der Waals surface area contributed by atoms with Crippen LogP contribution in [0.15, 0.2) is 34.1 Å². The van der Waals surface area contributed by atoms with Crippen molar-refractivity contribution in [2.45, 2.75) is 64.3 Å². The molecule has 1 amide bonds. The molecular formula is C25H35N3O4S. The maximum Gasteiger partial charge on any atom is 0.259 e. The first-order valence-electron chi connectivity index (χ1n) is 12.2. The van der Waals surface area contributed by atoms with Gasteiger partial charge < -0.3 is 9.47 Å². The highest BCUT2D eigenvalue weighted by Crippen LogP contribution is 2.25. The molecule has 2 fully saturated rings. The SMILES string of the molecule is CCn1cc(C(=O)N2CC(C)CC(C)C2)c(=O)c2cc(S(=O)(=O)N3CCCCCC3)ccc21. The number of aryl methyl sites for hydroxylation is 1. The third-order valence-electron chi connectivity index (χ3n) is 6.98. The average molecular weight is 474 g/mol. The third-order valence-corrected chi connectivity index (χ3v) is 8.88. The number of carbonyl (C=O) groups is 1. The van der Waals surface area contributed by atoms with Crippen molar-refractivity contribution >= 4 is 26.8 Å². The lowest BCUT2D eigenvalue weighted by atomic mass is 9.91. The first-order chi connectivity index (χ1) is 15.7. The summed E-state index contributed by atoms with van der Waals surface area (Å²) in [6, 6.07) is 4.76. The molecule has 33 heavy (non-hydrogen) atoms. The maximum absolute atomic E-state index is 13.5. The molecule has 0 N–H and O–H groups in total. The van der Waals surface area contributed by atoms with E-state index in [0.717, 1.165) is 32.1 Å². The molecule has 1 aromatic carbocycles. The quantitative estimate of drug-likeness (QED) is 0.678. The van der Waals surface area contributed by atoms with Gasteiger partial charge in [-0.25, -0.2) is 8.42 Å². The molecule has 7 nitrogen and oxygen atoms in total. The Labute approximate surface area is 196 Å². The molecule has 2 aromatic rings. The fraction of sp³-hybridized carbons (Fsp3) is 0.600. The number of fused-ring (bicyclic) bond motifs is 1. The van der Waals surface area contributed by atoms with Gasteiger partial charge in [0.05, 0.1) is 10.4 Å². The van der Waals surface area contributed by atoms with Crippen LogP contribution < -0.4 is 5.43 Å².